The quantitative estimate of drug-likeness (QED) is 0.781. The zero-order valence-electron chi connectivity index (χ0n) is 16.6. The summed E-state index contributed by atoms with van der Waals surface area (Å²) in [7, 11) is 0. The highest BCUT2D eigenvalue weighted by molar-refractivity contribution is 4.88. The van der Waals surface area contributed by atoms with Gasteiger partial charge in [-0.2, -0.15) is 0 Å². The van der Waals surface area contributed by atoms with Gasteiger partial charge in [-0.25, -0.2) is 0 Å². The summed E-state index contributed by atoms with van der Waals surface area (Å²) < 4.78 is 0. The lowest BCUT2D eigenvalue weighted by Crippen LogP contribution is -2.57. The molecule has 0 radical (unpaired) electrons. The van der Waals surface area contributed by atoms with Gasteiger partial charge in [0.15, 0.2) is 0 Å². The summed E-state index contributed by atoms with van der Waals surface area (Å²) in [6.07, 6.45) is 5.52. The Hall–Kier alpha value is -0.160. The molecule has 0 aromatic carbocycles. The van der Waals surface area contributed by atoms with Crippen LogP contribution in [0.5, 0.6) is 0 Å². The number of likely N-dealkylation sites (tertiary alicyclic amines) is 2. The number of piperidine rings is 2. The van der Waals surface area contributed by atoms with Gasteiger partial charge in [0.25, 0.3) is 0 Å². The van der Waals surface area contributed by atoms with Gasteiger partial charge in [-0.3, -0.25) is 9.80 Å². The van der Waals surface area contributed by atoms with Crippen LogP contribution >= 0.6 is 0 Å². The smallest absolute Gasteiger partial charge is 0.0121 e. The third-order valence-corrected chi connectivity index (χ3v) is 6.84. The van der Waals surface area contributed by atoms with Crippen molar-refractivity contribution in [2.45, 2.75) is 77.5 Å². The number of piperazine rings is 1. The maximum Gasteiger partial charge on any atom is 0.0121 e. The molecule has 3 rings (SSSR count). The minimum absolute atomic E-state index is 0.722. The van der Waals surface area contributed by atoms with E-state index in [-0.39, 0.29) is 0 Å². The Bertz CT molecular complexity index is 324. The molecule has 0 spiro atoms. The van der Waals surface area contributed by atoms with Crippen LogP contribution in [0.2, 0.25) is 0 Å². The van der Waals surface area contributed by atoms with Crippen molar-refractivity contribution >= 4 is 0 Å². The van der Waals surface area contributed by atoms with Crippen LogP contribution in [0, 0.1) is 0 Å². The SMILES string of the molecule is CC(C)N1CCC(N2CCN(C3CCN(C(C)C)CC3)CC2)CC1. The van der Waals surface area contributed by atoms with Gasteiger partial charge in [0.05, 0.1) is 0 Å². The summed E-state index contributed by atoms with van der Waals surface area (Å²) in [6, 6.07) is 3.15. The van der Waals surface area contributed by atoms with E-state index in [1.807, 2.05) is 0 Å². The van der Waals surface area contributed by atoms with Gasteiger partial charge in [-0.15, -0.1) is 0 Å². The van der Waals surface area contributed by atoms with E-state index >= 15 is 0 Å². The number of nitrogens with zero attached hydrogens (tertiary/aromatic N) is 4. The van der Waals surface area contributed by atoms with Gasteiger partial charge < -0.3 is 9.80 Å². The van der Waals surface area contributed by atoms with E-state index in [2.05, 4.69) is 47.3 Å². The molecule has 3 fully saturated rings. The molecule has 3 saturated heterocycles. The lowest BCUT2D eigenvalue weighted by Gasteiger charge is -2.47. The van der Waals surface area contributed by atoms with Crippen LogP contribution in [-0.4, -0.2) is 96.1 Å². The van der Waals surface area contributed by atoms with Crippen molar-refractivity contribution in [3.63, 3.8) is 0 Å². The van der Waals surface area contributed by atoms with E-state index < -0.39 is 0 Å². The summed E-state index contributed by atoms with van der Waals surface area (Å²) in [5, 5.41) is 0. The molecule has 24 heavy (non-hydrogen) atoms. The molecule has 140 valence electrons. The molecule has 0 aromatic heterocycles. The predicted octanol–water partition coefficient (Wildman–Crippen LogP) is 2.35. The van der Waals surface area contributed by atoms with Crippen LogP contribution < -0.4 is 0 Å². The van der Waals surface area contributed by atoms with Crippen LogP contribution in [0.15, 0.2) is 0 Å². The van der Waals surface area contributed by atoms with Crippen molar-refractivity contribution in [1.82, 2.24) is 19.6 Å². The second kappa shape index (κ2) is 8.48. The van der Waals surface area contributed by atoms with E-state index in [0.29, 0.717) is 0 Å². The Morgan fingerprint density at radius 2 is 0.792 bits per heavy atom. The lowest BCUT2D eigenvalue weighted by molar-refractivity contribution is 0.0196. The predicted molar refractivity (Wildman–Crippen MR) is 103 cm³/mol. The molecular formula is C20H40N4. The fourth-order valence-electron chi connectivity index (χ4n) is 5.00. The summed E-state index contributed by atoms with van der Waals surface area (Å²) >= 11 is 0. The highest BCUT2D eigenvalue weighted by atomic mass is 15.3. The first-order valence-corrected chi connectivity index (χ1v) is 10.5. The van der Waals surface area contributed by atoms with Crippen molar-refractivity contribution < 1.29 is 0 Å². The van der Waals surface area contributed by atoms with Crippen LogP contribution in [0.4, 0.5) is 0 Å². The fraction of sp³-hybridized carbons (Fsp3) is 1.00. The van der Waals surface area contributed by atoms with Crippen LogP contribution in [0.3, 0.4) is 0 Å². The molecule has 3 heterocycles. The van der Waals surface area contributed by atoms with Gasteiger partial charge in [0.2, 0.25) is 0 Å². The molecule has 0 unspecified atom stereocenters. The number of hydrogen-bond acceptors (Lipinski definition) is 4. The summed E-state index contributed by atoms with van der Waals surface area (Å²) in [5.74, 6) is 0. The zero-order chi connectivity index (χ0) is 17.1. The van der Waals surface area contributed by atoms with Gasteiger partial charge in [-0.05, 0) is 79.6 Å². The molecule has 0 bridgehead atoms. The van der Waals surface area contributed by atoms with E-state index in [4.69, 9.17) is 0 Å². The molecule has 0 saturated carbocycles. The molecule has 0 aliphatic carbocycles. The Balaban J connectivity index is 1.39. The van der Waals surface area contributed by atoms with Crippen LogP contribution in [0.1, 0.15) is 53.4 Å². The largest absolute Gasteiger partial charge is 0.301 e. The van der Waals surface area contributed by atoms with Gasteiger partial charge in [0.1, 0.15) is 0 Å². The molecule has 3 aliphatic heterocycles. The molecule has 0 aromatic rings. The van der Waals surface area contributed by atoms with Gasteiger partial charge in [0, 0.05) is 50.3 Å². The summed E-state index contributed by atoms with van der Waals surface area (Å²) in [6.45, 7) is 19.8. The second-order valence-corrected chi connectivity index (χ2v) is 8.79. The highest BCUT2D eigenvalue weighted by Gasteiger charge is 2.31. The van der Waals surface area contributed by atoms with E-state index in [0.717, 1.165) is 24.2 Å². The lowest BCUT2D eigenvalue weighted by atomic mass is 9.99. The van der Waals surface area contributed by atoms with Gasteiger partial charge >= 0.3 is 0 Å². The minimum Gasteiger partial charge on any atom is -0.301 e. The number of rotatable bonds is 4. The van der Waals surface area contributed by atoms with E-state index in [1.54, 1.807) is 0 Å². The van der Waals surface area contributed by atoms with Crippen LogP contribution in [-0.2, 0) is 0 Å². The first kappa shape index (κ1) is 18.6. The maximum atomic E-state index is 2.80. The topological polar surface area (TPSA) is 13.0 Å². The average Bonchev–Trinajstić information content (AvgIpc) is 2.62. The Kier molecular flexibility index (Phi) is 6.58. The van der Waals surface area contributed by atoms with Crippen molar-refractivity contribution in [1.29, 1.82) is 0 Å². The standard InChI is InChI=1S/C20H40N4/c1-17(2)21-9-5-19(6-10-21)23-13-15-24(16-14-23)20-7-11-22(12-8-20)18(3)4/h17-20H,5-16H2,1-4H3. The third-order valence-electron chi connectivity index (χ3n) is 6.84. The summed E-state index contributed by atoms with van der Waals surface area (Å²) in [4.78, 5) is 10.9. The average molecular weight is 337 g/mol. The molecule has 3 aliphatic rings. The first-order chi connectivity index (χ1) is 11.5. The zero-order valence-corrected chi connectivity index (χ0v) is 16.6. The molecule has 4 heteroatoms. The Morgan fingerprint density at radius 3 is 1.04 bits per heavy atom. The minimum atomic E-state index is 0.722. The Morgan fingerprint density at radius 1 is 0.500 bits per heavy atom. The molecule has 0 N–H and O–H groups in total. The normalized spacial score (nSPS) is 28.2. The number of hydrogen-bond donors (Lipinski definition) is 0. The molecule has 4 nitrogen and oxygen atoms in total. The van der Waals surface area contributed by atoms with Crippen molar-refractivity contribution in [2.24, 2.45) is 0 Å². The van der Waals surface area contributed by atoms with Gasteiger partial charge in [-0.1, -0.05) is 0 Å². The Labute approximate surface area is 150 Å². The first-order valence-electron chi connectivity index (χ1n) is 10.5. The summed E-state index contributed by atoms with van der Waals surface area (Å²) in [5.41, 5.74) is 0. The molecule has 0 atom stereocenters. The molecular weight excluding hydrogens is 296 g/mol. The highest BCUT2D eigenvalue weighted by Crippen LogP contribution is 2.23. The monoisotopic (exact) mass is 336 g/mol. The maximum absolute atomic E-state index is 2.80. The second-order valence-electron chi connectivity index (χ2n) is 8.79. The third kappa shape index (κ3) is 4.51. The van der Waals surface area contributed by atoms with Crippen LogP contribution in [0.25, 0.3) is 0 Å². The van der Waals surface area contributed by atoms with Crippen molar-refractivity contribution in [2.75, 3.05) is 52.4 Å². The van der Waals surface area contributed by atoms with E-state index in [1.165, 1.54) is 78.0 Å². The fourth-order valence-corrected chi connectivity index (χ4v) is 5.00. The van der Waals surface area contributed by atoms with Crippen molar-refractivity contribution in [3.05, 3.63) is 0 Å². The van der Waals surface area contributed by atoms with E-state index in [9.17, 15) is 0 Å². The van der Waals surface area contributed by atoms with Crippen molar-refractivity contribution in [3.8, 4) is 0 Å². The molecule has 0 amide bonds.